The van der Waals surface area contributed by atoms with E-state index < -0.39 is 0 Å². The average Bonchev–Trinajstić information content (AvgIpc) is 2.46. The molecule has 0 unspecified atom stereocenters. The average molecular weight is 282 g/mol. The lowest BCUT2D eigenvalue weighted by molar-refractivity contribution is -0.133. The second-order valence-corrected chi connectivity index (χ2v) is 4.59. The molecule has 0 radical (unpaired) electrons. The Morgan fingerprint density at radius 3 is 2.58 bits per heavy atom. The molecule has 1 aliphatic heterocycles. The van der Waals surface area contributed by atoms with Crippen LogP contribution in [0.25, 0.3) is 0 Å². The standard InChI is InChI=1S/C13H15FN2O2S/c14-11-3-1-10(2-4-11)13(19)15-9-12(17)16-5-7-18-8-6-16/h1-4H,5-9H2,(H,15,19). The molecule has 19 heavy (non-hydrogen) atoms. The number of carbonyl (C=O) groups excluding carboxylic acids is 1. The minimum Gasteiger partial charge on any atom is -0.378 e. The van der Waals surface area contributed by atoms with Crippen molar-refractivity contribution >= 4 is 23.1 Å². The maximum atomic E-state index is 12.8. The molecule has 1 aromatic rings. The van der Waals surface area contributed by atoms with Crippen molar-refractivity contribution in [1.82, 2.24) is 10.2 Å². The molecule has 0 bridgehead atoms. The number of nitrogens with zero attached hydrogens (tertiary/aromatic N) is 1. The van der Waals surface area contributed by atoms with Crippen molar-refractivity contribution in [3.05, 3.63) is 35.6 Å². The molecular weight excluding hydrogens is 267 g/mol. The van der Waals surface area contributed by atoms with Crippen molar-refractivity contribution in [3.63, 3.8) is 0 Å². The van der Waals surface area contributed by atoms with Gasteiger partial charge in [0.25, 0.3) is 0 Å². The summed E-state index contributed by atoms with van der Waals surface area (Å²) in [7, 11) is 0. The normalized spacial score (nSPS) is 15.1. The van der Waals surface area contributed by atoms with Gasteiger partial charge in [-0.2, -0.15) is 0 Å². The highest BCUT2D eigenvalue weighted by molar-refractivity contribution is 7.80. The highest BCUT2D eigenvalue weighted by Crippen LogP contribution is 2.03. The van der Waals surface area contributed by atoms with Gasteiger partial charge in [0.15, 0.2) is 0 Å². The molecule has 0 aromatic heterocycles. The van der Waals surface area contributed by atoms with Crippen LogP contribution in [-0.4, -0.2) is 48.6 Å². The molecule has 1 amide bonds. The first kappa shape index (κ1) is 13.9. The van der Waals surface area contributed by atoms with Gasteiger partial charge in [-0.25, -0.2) is 4.39 Å². The number of thiocarbonyl (C=S) groups is 1. The number of hydrogen-bond acceptors (Lipinski definition) is 3. The lowest BCUT2D eigenvalue weighted by Gasteiger charge is -2.27. The summed E-state index contributed by atoms with van der Waals surface area (Å²) in [5.41, 5.74) is 0.700. The number of rotatable bonds is 3. The van der Waals surface area contributed by atoms with Crippen LogP contribution in [0.5, 0.6) is 0 Å². The Hall–Kier alpha value is -1.53. The second kappa shape index (κ2) is 6.58. The minimum atomic E-state index is -0.309. The number of nitrogens with one attached hydrogen (secondary N) is 1. The lowest BCUT2D eigenvalue weighted by Crippen LogP contribution is -2.45. The summed E-state index contributed by atoms with van der Waals surface area (Å²) >= 11 is 5.15. The van der Waals surface area contributed by atoms with E-state index in [9.17, 15) is 9.18 Å². The summed E-state index contributed by atoms with van der Waals surface area (Å²) in [6.45, 7) is 2.53. The van der Waals surface area contributed by atoms with E-state index in [1.54, 1.807) is 17.0 Å². The maximum Gasteiger partial charge on any atom is 0.242 e. The Labute approximate surface area is 116 Å². The van der Waals surface area contributed by atoms with Crippen LogP contribution in [0.4, 0.5) is 4.39 Å². The van der Waals surface area contributed by atoms with Gasteiger partial charge in [0.2, 0.25) is 5.91 Å². The van der Waals surface area contributed by atoms with Crippen LogP contribution in [0.1, 0.15) is 5.56 Å². The quantitative estimate of drug-likeness (QED) is 0.838. The smallest absolute Gasteiger partial charge is 0.242 e. The van der Waals surface area contributed by atoms with E-state index in [-0.39, 0.29) is 18.3 Å². The van der Waals surface area contributed by atoms with Gasteiger partial charge < -0.3 is 15.0 Å². The number of halogens is 1. The van der Waals surface area contributed by atoms with E-state index in [1.807, 2.05) is 0 Å². The van der Waals surface area contributed by atoms with Crippen molar-refractivity contribution in [3.8, 4) is 0 Å². The molecule has 1 fully saturated rings. The van der Waals surface area contributed by atoms with Gasteiger partial charge in [0.1, 0.15) is 10.8 Å². The van der Waals surface area contributed by atoms with Crippen molar-refractivity contribution in [2.75, 3.05) is 32.8 Å². The van der Waals surface area contributed by atoms with Crippen LogP contribution >= 0.6 is 12.2 Å². The van der Waals surface area contributed by atoms with E-state index >= 15 is 0 Å². The van der Waals surface area contributed by atoms with Crippen LogP contribution in [0.15, 0.2) is 24.3 Å². The molecule has 102 valence electrons. The Bertz CT molecular complexity index is 458. The summed E-state index contributed by atoms with van der Waals surface area (Å²) in [5.74, 6) is -0.316. The highest BCUT2D eigenvalue weighted by atomic mass is 32.1. The summed E-state index contributed by atoms with van der Waals surface area (Å²) in [6, 6.07) is 5.86. The zero-order valence-electron chi connectivity index (χ0n) is 10.4. The van der Waals surface area contributed by atoms with Crippen molar-refractivity contribution in [2.24, 2.45) is 0 Å². The van der Waals surface area contributed by atoms with Crippen molar-refractivity contribution < 1.29 is 13.9 Å². The summed E-state index contributed by atoms with van der Waals surface area (Å²) in [4.78, 5) is 14.1. The molecule has 2 rings (SSSR count). The number of hydrogen-bond donors (Lipinski definition) is 1. The van der Waals surface area contributed by atoms with Gasteiger partial charge in [-0.3, -0.25) is 4.79 Å². The van der Waals surface area contributed by atoms with Gasteiger partial charge in [0.05, 0.1) is 19.8 Å². The largest absolute Gasteiger partial charge is 0.378 e. The van der Waals surface area contributed by atoms with Crippen LogP contribution in [0.3, 0.4) is 0 Å². The fourth-order valence-corrected chi connectivity index (χ4v) is 1.99. The van der Waals surface area contributed by atoms with Crippen LogP contribution in [0.2, 0.25) is 0 Å². The number of amides is 1. The fourth-order valence-electron chi connectivity index (χ4n) is 1.78. The zero-order valence-corrected chi connectivity index (χ0v) is 11.2. The lowest BCUT2D eigenvalue weighted by atomic mass is 10.2. The monoisotopic (exact) mass is 282 g/mol. The third-order valence-electron chi connectivity index (χ3n) is 2.87. The molecular formula is C13H15FN2O2S. The predicted octanol–water partition coefficient (Wildman–Crippen LogP) is 0.950. The molecule has 0 atom stereocenters. The second-order valence-electron chi connectivity index (χ2n) is 4.18. The molecule has 0 aliphatic carbocycles. The molecule has 1 aliphatic rings. The zero-order chi connectivity index (χ0) is 13.7. The predicted molar refractivity (Wildman–Crippen MR) is 73.5 cm³/mol. The molecule has 0 saturated carbocycles. The summed E-state index contributed by atoms with van der Waals surface area (Å²) in [5, 5.41) is 2.89. The maximum absolute atomic E-state index is 12.8. The molecule has 1 saturated heterocycles. The summed E-state index contributed by atoms with van der Waals surface area (Å²) in [6.07, 6.45) is 0. The molecule has 4 nitrogen and oxygen atoms in total. The van der Waals surface area contributed by atoms with E-state index in [1.165, 1.54) is 12.1 Å². The Kier molecular flexibility index (Phi) is 4.81. The number of ether oxygens (including phenoxy) is 1. The van der Waals surface area contributed by atoms with Gasteiger partial charge in [-0.1, -0.05) is 12.2 Å². The molecule has 0 spiro atoms. The Balaban J connectivity index is 1.82. The Morgan fingerprint density at radius 2 is 1.95 bits per heavy atom. The van der Waals surface area contributed by atoms with Gasteiger partial charge >= 0.3 is 0 Å². The SMILES string of the molecule is O=C(CNC(=S)c1ccc(F)cc1)N1CCOCC1. The first-order valence-electron chi connectivity index (χ1n) is 6.06. The van der Waals surface area contributed by atoms with Gasteiger partial charge in [-0.05, 0) is 24.3 Å². The molecule has 6 heteroatoms. The number of carbonyl (C=O) groups is 1. The number of benzene rings is 1. The van der Waals surface area contributed by atoms with Crippen LogP contribution < -0.4 is 5.32 Å². The van der Waals surface area contributed by atoms with Crippen molar-refractivity contribution in [1.29, 1.82) is 0 Å². The van der Waals surface area contributed by atoms with E-state index in [4.69, 9.17) is 17.0 Å². The van der Waals surface area contributed by atoms with Crippen LogP contribution in [0, 0.1) is 5.82 Å². The Morgan fingerprint density at radius 1 is 1.32 bits per heavy atom. The van der Waals surface area contributed by atoms with Gasteiger partial charge in [-0.15, -0.1) is 0 Å². The first-order valence-corrected chi connectivity index (χ1v) is 6.47. The molecule has 1 aromatic carbocycles. The first-order chi connectivity index (χ1) is 9.16. The fraction of sp³-hybridized carbons (Fsp3) is 0.385. The van der Waals surface area contributed by atoms with E-state index in [0.717, 1.165) is 0 Å². The third-order valence-corrected chi connectivity index (χ3v) is 3.25. The third kappa shape index (κ3) is 3.97. The molecule has 1 heterocycles. The van der Waals surface area contributed by atoms with Gasteiger partial charge in [0, 0.05) is 18.7 Å². The highest BCUT2D eigenvalue weighted by Gasteiger charge is 2.16. The van der Waals surface area contributed by atoms with E-state index in [2.05, 4.69) is 5.32 Å². The topological polar surface area (TPSA) is 41.6 Å². The minimum absolute atomic E-state index is 0.00670. The number of morpholine rings is 1. The summed E-state index contributed by atoms with van der Waals surface area (Å²) < 4.78 is 18.0. The van der Waals surface area contributed by atoms with E-state index in [0.29, 0.717) is 36.9 Å². The molecule has 1 N–H and O–H groups in total. The van der Waals surface area contributed by atoms with Crippen LogP contribution in [-0.2, 0) is 9.53 Å². The van der Waals surface area contributed by atoms with Crippen molar-refractivity contribution in [2.45, 2.75) is 0 Å².